The fourth-order valence-electron chi connectivity index (χ4n) is 4.76. The SMILES string of the molecule is CCC(C)c1nc(C)c(C)c(-c2nc(C)nc(N(C)c3c(C)c(C)c(C)c(C)c3C)n2)c1C. The van der Waals surface area contributed by atoms with Crippen LogP contribution in [0.2, 0.25) is 0 Å². The molecule has 1 unspecified atom stereocenters. The highest BCUT2D eigenvalue weighted by Crippen LogP contribution is 2.36. The van der Waals surface area contributed by atoms with Gasteiger partial charge >= 0.3 is 0 Å². The van der Waals surface area contributed by atoms with E-state index in [1.165, 1.54) is 39.1 Å². The zero-order valence-corrected chi connectivity index (χ0v) is 22.5. The van der Waals surface area contributed by atoms with E-state index in [0.717, 1.165) is 40.6 Å². The molecule has 2 heterocycles. The predicted molar refractivity (Wildman–Crippen MR) is 139 cm³/mol. The topological polar surface area (TPSA) is 54.8 Å². The number of hydrogen-bond donors (Lipinski definition) is 0. The van der Waals surface area contributed by atoms with E-state index in [1.54, 1.807) is 0 Å². The van der Waals surface area contributed by atoms with E-state index >= 15 is 0 Å². The van der Waals surface area contributed by atoms with Gasteiger partial charge in [-0.05, 0) is 114 Å². The van der Waals surface area contributed by atoms with Gasteiger partial charge in [-0.15, -0.1) is 0 Å². The molecule has 1 aromatic carbocycles. The van der Waals surface area contributed by atoms with Crippen LogP contribution < -0.4 is 4.90 Å². The molecule has 2 aromatic heterocycles. The molecule has 5 nitrogen and oxygen atoms in total. The Balaban J connectivity index is 2.25. The number of rotatable bonds is 5. The molecule has 0 bridgehead atoms. The standard InChI is InChI=1S/C28H39N5/c1-13-14(2)25-21(9)24(20(8)22(10)29-25)27-30-23(11)31-28(32-27)33(12)26-18(6)16(4)15(3)17(5)19(26)7/h14H,13H2,1-12H3. The Hall–Kier alpha value is -2.82. The van der Waals surface area contributed by atoms with Crippen molar-refractivity contribution in [3.8, 4) is 11.4 Å². The molecule has 0 fully saturated rings. The van der Waals surface area contributed by atoms with Crippen LogP contribution in [0, 0.1) is 62.3 Å². The Morgan fingerprint density at radius 3 is 1.76 bits per heavy atom. The smallest absolute Gasteiger partial charge is 0.233 e. The van der Waals surface area contributed by atoms with Gasteiger partial charge in [0.25, 0.3) is 0 Å². The largest absolute Gasteiger partial charge is 0.313 e. The second kappa shape index (κ2) is 9.20. The Morgan fingerprint density at radius 1 is 0.667 bits per heavy atom. The lowest BCUT2D eigenvalue weighted by Crippen LogP contribution is -2.19. The lowest BCUT2D eigenvalue weighted by Gasteiger charge is -2.26. The van der Waals surface area contributed by atoms with Crippen LogP contribution >= 0.6 is 0 Å². The fraction of sp³-hybridized carbons (Fsp3) is 0.500. The summed E-state index contributed by atoms with van der Waals surface area (Å²) in [6.45, 7) is 23.7. The summed E-state index contributed by atoms with van der Waals surface area (Å²) in [4.78, 5) is 21.6. The first-order chi connectivity index (χ1) is 15.4. The predicted octanol–water partition coefficient (Wildman–Crippen LogP) is 6.99. The molecule has 0 aliphatic rings. The van der Waals surface area contributed by atoms with E-state index in [2.05, 4.69) is 81.2 Å². The lowest BCUT2D eigenvalue weighted by molar-refractivity contribution is 0.697. The summed E-state index contributed by atoms with van der Waals surface area (Å²) in [7, 11) is 2.06. The highest BCUT2D eigenvalue weighted by atomic mass is 15.3. The molecular weight excluding hydrogens is 406 g/mol. The van der Waals surface area contributed by atoms with Crippen molar-refractivity contribution < 1.29 is 0 Å². The molecule has 1 atom stereocenters. The van der Waals surface area contributed by atoms with Gasteiger partial charge in [-0.3, -0.25) is 4.98 Å². The molecule has 33 heavy (non-hydrogen) atoms. The number of aromatic nitrogens is 4. The molecule has 0 radical (unpaired) electrons. The molecule has 0 aliphatic carbocycles. The summed E-state index contributed by atoms with van der Waals surface area (Å²) in [5.74, 6) is 2.50. The van der Waals surface area contributed by atoms with Gasteiger partial charge in [-0.1, -0.05) is 13.8 Å². The maximum absolute atomic E-state index is 5.01. The van der Waals surface area contributed by atoms with Crippen molar-refractivity contribution in [1.29, 1.82) is 0 Å². The van der Waals surface area contributed by atoms with Crippen molar-refractivity contribution in [2.24, 2.45) is 0 Å². The minimum Gasteiger partial charge on any atom is -0.313 e. The number of anilines is 2. The molecule has 3 rings (SSSR count). The quantitative estimate of drug-likeness (QED) is 0.423. The van der Waals surface area contributed by atoms with E-state index in [0.29, 0.717) is 11.9 Å². The van der Waals surface area contributed by atoms with Crippen molar-refractivity contribution in [1.82, 2.24) is 19.9 Å². The van der Waals surface area contributed by atoms with Gasteiger partial charge in [-0.25, -0.2) is 4.98 Å². The molecule has 0 spiro atoms. The van der Waals surface area contributed by atoms with E-state index in [4.69, 9.17) is 19.9 Å². The third-order valence-corrected chi connectivity index (χ3v) is 7.60. The minimum atomic E-state index is 0.386. The summed E-state index contributed by atoms with van der Waals surface area (Å²) >= 11 is 0. The van der Waals surface area contributed by atoms with Crippen LogP contribution in [0.15, 0.2) is 0 Å². The molecule has 3 aromatic rings. The van der Waals surface area contributed by atoms with Crippen molar-refractivity contribution >= 4 is 11.6 Å². The van der Waals surface area contributed by atoms with Gasteiger partial charge in [0.05, 0.1) is 0 Å². The number of pyridine rings is 1. The zero-order chi connectivity index (χ0) is 24.8. The molecule has 0 saturated carbocycles. The van der Waals surface area contributed by atoms with Crippen molar-refractivity contribution in [3.05, 3.63) is 56.2 Å². The van der Waals surface area contributed by atoms with Gasteiger partial charge in [0.15, 0.2) is 5.82 Å². The zero-order valence-electron chi connectivity index (χ0n) is 22.5. The van der Waals surface area contributed by atoms with Crippen LogP contribution in [0.5, 0.6) is 0 Å². The highest BCUT2D eigenvalue weighted by Gasteiger charge is 2.22. The lowest BCUT2D eigenvalue weighted by atomic mass is 9.92. The van der Waals surface area contributed by atoms with Gasteiger partial charge in [0.2, 0.25) is 5.95 Å². The van der Waals surface area contributed by atoms with Crippen molar-refractivity contribution in [2.75, 3.05) is 11.9 Å². The molecular formula is C28H39N5. The van der Waals surface area contributed by atoms with Gasteiger partial charge in [0.1, 0.15) is 5.82 Å². The number of benzene rings is 1. The van der Waals surface area contributed by atoms with Crippen LogP contribution in [-0.4, -0.2) is 27.0 Å². The maximum Gasteiger partial charge on any atom is 0.233 e. The molecule has 0 saturated heterocycles. The monoisotopic (exact) mass is 445 g/mol. The minimum absolute atomic E-state index is 0.386. The van der Waals surface area contributed by atoms with Gasteiger partial charge in [-0.2, -0.15) is 9.97 Å². The Bertz CT molecular complexity index is 1200. The molecule has 176 valence electrons. The molecule has 0 aliphatic heterocycles. The van der Waals surface area contributed by atoms with Crippen LogP contribution in [0.1, 0.15) is 82.3 Å². The normalized spacial score (nSPS) is 12.2. The summed E-state index contributed by atoms with van der Waals surface area (Å²) < 4.78 is 0. The third-order valence-electron chi connectivity index (χ3n) is 7.60. The van der Waals surface area contributed by atoms with E-state index in [9.17, 15) is 0 Å². The Kier molecular flexibility index (Phi) is 6.92. The van der Waals surface area contributed by atoms with Crippen LogP contribution in [-0.2, 0) is 0 Å². The van der Waals surface area contributed by atoms with Crippen LogP contribution in [0.25, 0.3) is 11.4 Å². The third kappa shape index (κ3) is 4.25. The number of hydrogen-bond acceptors (Lipinski definition) is 5. The van der Waals surface area contributed by atoms with Crippen molar-refractivity contribution in [2.45, 2.75) is 88.5 Å². The maximum atomic E-state index is 5.01. The van der Waals surface area contributed by atoms with Crippen LogP contribution in [0.3, 0.4) is 0 Å². The van der Waals surface area contributed by atoms with E-state index in [1.807, 2.05) is 6.92 Å². The first kappa shape index (κ1) is 24.8. The van der Waals surface area contributed by atoms with E-state index < -0.39 is 0 Å². The summed E-state index contributed by atoms with van der Waals surface area (Å²) in [6, 6.07) is 0. The summed E-state index contributed by atoms with van der Waals surface area (Å²) in [5.41, 5.74) is 13.3. The molecule has 5 heteroatoms. The first-order valence-electron chi connectivity index (χ1n) is 11.9. The Labute approximate surface area is 199 Å². The van der Waals surface area contributed by atoms with Crippen molar-refractivity contribution in [3.63, 3.8) is 0 Å². The number of aryl methyl sites for hydroxylation is 2. The fourth-order valence-corrected chi connectivity index (χ4v) is 4.76. The summed E-state index contributed by atoms with van der Waals surface area (Å²) in [6.07, 6.45) is 1.05. The molecule has 0 N–H and O–H groups in total. The first-order valence-corrected chi connectivity index (χ1v) is 11.9. The second-order valence-corrected chi connectivity index (χ2v) is 9.56. The average Bonchev–Trinajstić information content (AvgIpc) is 2.78. The van der Waals surface area contributed by atoms with Gasteiger partial charge in [0, 0.05) is 29.7 Å². The number of nitrogens with zero attached hydrogens (tertiary/aromatic N) is 5. The van der Waals surface area contributed by atoms with Gasteiger partial charge < -0.3 is 4.90 Å². The second-order valence-electron chi connectivity index (χ2n) is 9.56. The Morgan fingerprint density at radius 2 is 1.21 bits per heavy atom. The molecule has 0 amide bonds. The summed E-state index contributed by atoms with van der Waals surface area (Å²) in [5, 5.41) is 0. The average molecular weight is 446 g/mol. The van der Waals surface area contributed by atoms with E-state index in [-0.39, 0.29) is 0 Å². The van der Waals surface area contributed by atoms with Crippen LogP contribution in [0.4, 0.5) is 11.6 Å². The highest BCUT2D eigenvalue weighted by molar-refractivity contribution is 5.72.